The van der Waals surface area contributed by atoms with Crippen LogP contribution in [0.15, 0.2) is 42.6 Å². The fraction of sp³-hybridized carbons (Fsp3) is 0.200. The molecule has 2 aromatic rings. The van der Waals surface area contributed by atoms with Gasteiger partial charge in [-0.1, -0.05) is 49.2 Å². The minimum atomic E-state index is -0.0256. The summed E-state index contributed by atoms with van der Waals surface area (Å²) >= 11 is 5.78. The number of carbonyl (C=O) groups is 1. The molecule has 2 nitrogen and oxygen atoms in total. The fourth-order valence-electron chi connectivity index (χ4n) is 1.82. The summed E-state index contributed by atoms with van der Waals surface area (Å²) in [4.78, 5) is 16.0. The molecule has 0 atom stereocenters. The van der Waals surface area contributed by atoms with Crippen LogP contribution in [0.3, 0.4) is 0 Å². The largest absolute Gasteiger partial charge is 0.289 e. The van der Waals surface area contributed by atoms with Crippen molar-refractivity contribution in [3.63, 3.8) is 0 Å². The van der Waals surface area contributed by atoms with Crippen LogP contribution in [0, 0.1) is 0 Å². The van der Waals surface area contributed by atoms with Crippen LogP contribution < -0.4 is 0 Å². The van der Waals surface area contributed by atoms with Gasteiger partial charge in [-0.15, -0.1) is 0 Å². The van der Waals surface area contributed by atoms with Crippen molar-refractivity contribution in [2.45, 2.75) is 19.8 Å². The molecule has 1 heterocycles. The first kappa shape index (κ1) is 12.8. The maximum atomic E-state index is 12.2. The Bertz CT molecular complexity index is 549. The highest BCUT2D eigenvalue weighted by molar-refractivity contribution is 6.29. The summed E-state index contributed by atoms with van der Waals surface area (Å²) in [6, 6.07) is 11.0. The molecule has 0 radical (unpaired) electrons. The Morgan fingerprint density at radius 2 is 1.89 bits per heavy atom. The highest BCUT2D eigenvalue weighted by atomic mass is 35.5. The van der Waals surface area contributed by atoms with E-state index in [2.05, 4.69) is 11.9 Å². The molecule has 0 saturated carbocycles. The van der Waals surface area contributed by atoms with Gasteiger partial charge in [0.15, 0.2) is 5.78 Å². The molecule has 1 aromatic heterocycles. The zero-order chi connectivity index (χ0) is 13.0. The summed E-state index contributed by atoms with van der Waals surface area (Å²) in [5, 5.41) is 0.337. The van der Waals surface area contributed by atoms with Crippen molar-refractivity contribution < 1.29 is 4.79 Å². The van der Waals surface area contributed by atoms with Crippen LogP contribution in [-0.4, -0.2) is 10.8 Å². The van der Waals surface area contributed by atoms with Gasteiger partial charge in [0.25, 0.3) is 0 Å². The average molecular weight is 260 g/mol. The number of benzene rings is 1. The molecule has 0 amide bonds. The van der Waals surface area contributed by atoms with Gasteiger partial charge >= 0.3 is 0 Å². The molecule has 0 N–H and O–H groups in total. The van der Waals surface area contributed by atoms with E-state index in [9.17, 15) is 4.79 Å². The molecule has 0 unspecified atom stereocenters. The van der Waals surface area contributed by atoms with Gasteiger partial charge in [-0.2, -0.15) is 0 Å². The number of hydrogen-bond donors (Lipinski definition) is 0. The van der Waals surface area contributed by atoms with E-state index in [4.69, 9.17) is 11.6 Å². The topological polar surface area (TPSA) is 30.0 Å². The summed E-state index contributed by atoms with van der Waals surface area (Å²) in [5.41, 5.74) is 2.50. The van der Waals surface area contributed by atoms with Gasteiger partial charge in [-0.3, -0.25) is 4.79 Å². The highest BCUT2D eigenvalue weighted by Crippen LogP contribution is 2.14. The lowest BCUT2D eigenvalue weighted by Gasteiger charge is -2.03. The van der Waals surface area contributed by atoms with E-state index in [1.165, 1.54) is 5.56 Å². The molecule has 2 rings (SSSR count). The molecule has 92 valence electrons. The molecule has 0 spiro atoms. The summed E-state index contributed by atoms with van der Waals surface area (Å²) in [5.74, 6) is -0.0256. The predicted octanol–water partition coefficient (Wildman–Crippen LogP) is 3.92. The molecule has 1 aromatic carbocycles. The van der Waals surface area contributed by atoms with Crippen molar-refractivity contribution in [3.05, 3.63) is 64.4 Å². The van der Waals surface area contributed by atoms with Crippen LogP contribution >= 0.6 is 11.6 Å². The van der Waals surface area contributed by atoms with Crippen LogP contribution in [0.1, 0.15) is 34.8 Å². The van der Waals surface area contributed by atoms with E-state index in [0.717, 1.165) is 12.8 Å². The zero-order valence-electron chi connectivity index (χ0n) is 10.2. The number of ketones is 1. The molecule has 0 aliphatic heterocycles. The molecule has 0 fully saturated rings. The average Bonchev–Trinajstić information content (AvgIpc) is 2.39. The summed E-state index contributed by atoms with van der Waals surface area (Å²) < 4.78 is 0. The number of carbonyl (C=O) groups excluding carboxylic acids is 1. The van der Waals surface area contributed by atoms with Gasteiger partial charge in [0, 0.05) is 17.3 Å². The van der Waals surface area contributed by atoms with Crippen LogP contribution in [-0.2, 0) is 6.42 Å². The third-order valence-electron chi connectivity index (χ3n) is 2.74. The maximum Gasteiger partial charge on any atom is 0.193 e. The van der Waals surface area contributed by atoms with Gasteiger partial charge in [0.1, 0.15) is 5.15 Å². The van der Waals surface area contributed by atoms with Gasteiger partial charge in [0.05, 0.1) is 0 Å². The van der Waals surface area contributed by atoms with E-state index in [0.29, 0.717) is 16.3 Å². The van der Waals surface area contributed by atoms with Crippen LogP contribution in [0.2, 0.25) is 5.15 Å². The second-order valence-electron chi connectivity index (χ2n) is 4.14. The Balaban J connectivity index is 2.23. The van der Waals surface area contributed by atoms with Gasteiger partial charge < -0.3 is 0 Å². The normalized spacial score (nSPS) is 10.3. The number of hydrogen-bond acceptors (Lipinski definition) is 2. The predicted molar refractivity (Wildman–Crippen MR) is 73.1 cm³/mol. The first-order valence-electron chi connectivity index (χ1n) is 5.96. The minimum absolute atomic E-state index is 0.0256. The first-order chi connectivity index (χ1) is 8.70. The molecule has 0 aliphatic rings. The van der Waals surface area contributed by atoms with Gasteiger partial charge in [-0.05, 0) is 24.1 Å². The van der Waals surface area contributed by atoms with Crippen LogP contribution in [0.25, 0.3) is 0 Å². The van der Waals surface area contributed by atoms with E-state index < -0.39 is 0 Å². The van der Waals surface area contributed by atoms with Gasteiger partial charge in [-0.25, -0.2) is 4.98 Å². The van der Waals surface area contributed by atoms with Gasteiger partial charge in [0.2, 0.25) is 0 Å². The molecule has 0 bridgehead atoms. The number of halogens is 1. The lowest BCUT2D eigenvalue weighted by molar-refractivity contribution is 0.103. The van der Waals surface area contributed by atoms with E-state index in [1.807, 2.05) is 24.3 Å². The Morgan fingerprint density at radius 3 is 2.50 bits per heavy atom. The smallest absolute Gasteiger partial charge is 0.193 e. The SMILES string of the molecule is CCCc1ccc(C(=O)c2ccnc(Cl)c2)cc1. The maximum absolute atomic E-state index is 12.2. The van der Waals surface area contributed by atoms with E-state index in [-0.39, 0.29) is 5.78 Å². The van der Waals surface area contributed by atoms with Crippen LogP contribution in [0.4, 0.5) is 0 Å². The zero-order valence-corrected chi connectivity index (χ0v) is 10.9. The van der Waals surface area contributed by atoms with Crippen molar-refractivity contribution in [1.29, 1.82) is 0 Å². The number of nitrogens with zero attached hydrogens (tertiary/aromatic N) is 1. The third-order valence-corrected chi connectivity index (χ3v) is 2.95. The molecule has 3 heteroatoms. The molecular formula is C15H14ClNO. The number of pyridine rings is 1. The Hall–Kier alpha value is -1.67. The van der Waals surface area contributed by atoms with Crippen molar-refractivity contribution in [2.75, 3.05) is 0 Å². The van der Waals surface area contributed by atoms with Crippen molar-refractivity contribution >= 4 is 17.4 Å². The quantitative estimate of drug-likeness (QED) is 0.615. The first-order valence-corrected chi connectivity index (χ1v) is 6.33. The Labute approximate surface area is 112 Å². The lowest BCUT2D eigenvalue weighted by atomic mass is 10.0. The van der Waals surface area contributed by atoms with Crippen molar-refractivity contribution in [3.8, 4) is 0 Å². The van der Waals surface area contributed by atoms with Crippen molar-refractivity contribution in [2.24, 2.45) is 0 Å². The van der Waals surface area contributed by atoms with Crippen LogP contribution in [0.5, 0.6) is 0 Å². The van der Waals surface area contributed by atoms with E-state index in [1.54, 1.807) is 18.3 Å². The monoisotopic (exact) mass is 259 g/mol. The summed E-state index contributed by atoms with van der Waals surface area (Å²) in [7, 11) is 0. The van der Waals surface area contributed by atoms with Crippen molar-refractivity contribution in [1.82, 2.24) is 4.98 Å². The molecular weight excluding hydrogens is 246 g/mol. The fourth-order valence-corrected chi connectivity index (χ4v) is 2.00. The Kier molecular flexibility index (Phi) is 4.11. The minimum Gasteiger partial charge on any atom is -0.289 e. The molecule has 18 heavy (non-hydrogen) atoms. The third kappa shape index (κ3) is 2.96. The second kappa shape index (κ2) is 5.78. The number of rotatable bonds is 4. The number of aromatic nitrogens is 1. The molecule has 0 saturated heterocycles. The lowest BCUT2D eigenvalue weighted by Crippen LogP contribution is -2.01. The standard InChI is InChI=1S/C15H14ClNO/c1-2-3-11-4-6-12(7-5-11)15(18)13-8-9-17-14(16)10-13/h4-10H,2-3H2,1H3. The Morgan fingerprint density at radius 1 is 1.17 bits per heavy atom. The summed E-state index contributed by atoms with van der Waals surface area (Å²) in [6.07, 6.45) is 3.68. The number of aryl methyl sites for hydroxylation is 1. The van der Waals surface area contributed by atoms with E-state index >= 15 is 0 Å². The highest BCUT2D eigenvalue weighted by Gasteiger charge is 2.09. The summed E-state index contributed by atoms with van der Waals surface area (Å²) in [6.45, 7) is 2.14. The molecule has 0 aliphatic carbocycles. The second-order valence-corrected chi connectivity index (χ2v) is 4.53.